The molecule has 3 amide bonds. The molecular weight excluding hydrogens is 760 g/mol. The number of β-amino-alcohol motifs (C(OH)–C–C–N with tert-alkyl or cyclic N) is 1. The van der Waals surface area contributed by atoms with E-state index < -0.39 is 41.4 Å². The summed E-state index contributed by atoms with van der Waals surface area (Å²) in [6, 6.07) is 13.5. The zero-order valence-electron chi connectivity index (χ0n) is 32.5. The number of benzene rings is 2. The fourth-order valence-electron chi connectivity index (χ4n) is 7.21. The zero-order valence-corrected chi connectivity index (χ0v) is 33.3. The molecule has 4 atom stereocenters. The van der Waals surface area contributed by atoms with Crippen molar-refractivity contribution < 1.29 is 32.7 Å². The third-order valence-electron chi connectivity index (χ3n) is 10.5. The van der Waals surface area contributed by atoms with Crippen molar-refractivity contribution in [2.45, 2.75) is 71.4 Å². The Kier molecular flexibility index (Phi) is 12.2. The lowest BCUT2D eigenvalue weighted by atomic mass is 9.85. The maximum atomic E-state index is 14.1. The third-order valence-corrected chi connectivity index (χ3v) is 11.4. The van der Waals surface area contributed by atoms with Crippen molar-refractivity contribution >= 4 is 40.6 Å². The number of hydrogen-bond donors (Lipinski definition) is 4. The van der Waals surface area contributed by atoms with Crippen molar-refractivity contribution in [3.8, 4) is 21.6 Å². The first-order chi connectivity index (χ1) is 26.9. The number of aliphatic hydroxyl groups excluding tert-OH is 1. The molecule has 0 saturated carbocycles. The number of alkyl halides is 3. The van der Waals surface area contributed by atoms with Crippen molar-refractivity contribution in [1.82, 2.24) is 35.6 Å². The van der Waals surface area contributed by atoms with Gasteiger partial charge in [0.2, 0.25) is 17.7 Å². The molecule has 0 spiro atoms. The molecule has 2 aliphatic rings. The van der Waals surface area contributed by atoms with Crippen LogP contribution in [0.1, 0.15) is 57.1 Å². The van der Waals surface area contributed by atoms with Gasteiger partial charge in [-0.3, -0.25) is 19.3 Å². The molecule has 2 fully saturated rings. The second-order valence-electron chi connectivity index (χ2n) is 15.7. The molecule has 2 saturated heterocycles. The number of aromatic nitrogens is 3. The summed E-state index contributed by atoms with van der Waals surface area (Å²) < 4.78 is 39.6. The van der Waals surface area contributed by atoms with Crippen LogP contribution in [0.4, 0.5) is 24.7 Å². The minimum absolute atomic E-state index is 0.0268. The van der Waals surface area contributed by atoms with Crippen LogP contribution in [0.15, 0.2) is 60.1 Å². The summed E-state index contributed by atoms with van der Waals surface area (Å²) >= 11 is 1.56. The fourth-order valence-corrected chi connectivity index (χ4v) is 8.02. The fraction of sp³-hybridized carbons (Fsp3) is 0.450. The molecule has 4 heterocycles. The van der Waals surface area contributed by atoms with Gasteiger partial charge in [-0.15, -0.1) is 21.5 Å². The normalized spacial score (nSPS) is 19.0. The van der Waals surface area contributed by atoms with Gasteiger partial charge in [0, 0.05) is 50.4 Å². The predicted octanol–water partition coefficient (Wildman–Crippen LogP) is 4.67. The van der Waals surface area contributed by atoms with Crippen LogP contribution < -0.4 is 21.3 Å². The van der Waals surface area contributed by atoms with Crippen LogP contribution in [0.3, 0.4) is 0 Å². The average molecular weight is 808 g/mol. The van der Waals surface area contributed by atoms with E-state index in [0.717, 1.165) is 33.5 Å². The molecule has 0 bridgehead atoms. The van der Waals surface area contributed by atoms with Crippen molar-refractivity contribution in [1.29, 1.82) is 0 Å². The Balaban J connectivity index is 1.03. The summed E-state index contributed by atoms with van der Waals surface area (Å²) in [5.74, 6) is -1.26. The second kappa shape index (κ2) is 16.8. The smallest absolute Gasteiger partial charge is 0.391 e. The van der Waals surface area contributed by atoms with Gasteiger partial charge >= 0.3 is 6.18 Å². The van der Waals surface area contributed by atoms with E-state index in [1.807, 2.05) is 63.8 Å². The molecule has 6 rings (SSSR count). The highest BCUT2D eigenvalue weighted by Gasteiger charge is 2.45. The van der Waals surface area contributed by atoms with E-state index in [1.54, 1.807) is 41.1 Å². The number of aliphatic hydroxyl groups is 1. The number of amides is 3. The van der Waals surface area contributed by atoms with Gasteiger partial charge in [0.15, 0.2) is 11.5 Å². The number of likely N-dealkylation sites (tertiary alicyclic amines) is 1. The number of thiazole rings is 1. The van der Waals surface area contributed by atoms with E-state index in [0.29, 0.717) is 31.7 Å². The summed E-state index contributed by atoms with van der Waals surface area (Å²) in [7, 11) is 0. The number of rotatable bonds is 10. The molecule has 13 nitrogen and oxygen atoms in total. The van der Waals surface area contributed by atoms with Gasteiger partial charge in [-0.1, -0.05) is 57.2 Å². The third kappa shape index (κ3) is 9.71. The Bertz CT molecular complexity index is 2060. The Morgan fingerprint density at radius 3 is 2.21 bits per heavy atom. The maximum absolute atomic E-state index is 14.1. The Morgan fingerprint density at radius 1 is 0.965 bits per heavy atom. The summed E-state index contributed by atoms with van der Waals surface area (Å²) in [4.78, 5) is 52.1. The molecule has 1 unspecified atom stereocenters. The molecule has 304 valence electrons. The van der Waals surface area contributed by atoms with Crippen LogP contribution >= 0.6 is 11.3 Å². The van der Waals surface area contributed by atoms with Gasteiger partial charge in [0.1, 0.15) is 12.1 Å². The first kappa shape index (κ1) is 41.5. The van der Waals surface area contributed by atoms with Crippen LogP contribution in [0.5, 0.6) is 0 Å². The number of carbonyl (C=O) groups is 3. The van der Waals surface area contributed by atoms with Crippen molar-refractivity contribution in [3.63, 3.8) is 0 Å². The number of nitrogen functional groups attached to an aromatic ring is 1. The number of hydrogen-bond acceptors (Lipinski definition) is 11. The summed E-state index contributed by atoms with van der Waals surface area (Å²) in [6.45, 7) is 11.6. The quantitative estimate of drug-likeness (QED) is 0.177. The molecule has 4 aromatic rings. The molecule has 5 N–H and O–H groups in total. The van der Waals surface area contributed by atoms with Gasteiger partial charge in [0.05, 0.1) is 34.8 Å². The number of aryl methyl sites for hydroxylation is 1. The number of piperazine rings is 1. The SMILES string of the molecule is Cc1ncsc1-c1ccc([C@H](C)NC(=O)[C@@H]2C[C@@H](O)CN2C(=O)C(NC(=O)CN2CCN(c3ccc(-c4cc(C(F)(F)F)nnc4N)cc3)CC2)C(C)(C)C)cc1. The van der Waals surface area contributed by atoms with E-state index in [1.165, 1.54) is 4.90 Å². The summed E-state index contributed by atoms with van der Waals surface area (Å²) in [5, 5.41) is 23.2. The highest BCUT2D eigenvalue weighted by atomic mass is 32.1. The van der Waals surface area contributed by atoms with E-state index in [2.05, 4.69) is 30.7 Å². The van der Waals surface area contributed by atoms with Gasteiger partial charge < -0.3 is 31.3 Å². The molecule has 0 aliphatic carbocycles. The molecule has 57 heavy (non-hydrogen) atoms. The highest BCUT2D eigenvalue weighted by Crippen LogP contribution is 2.34. The van der Waals surface area contributed by atoms with Gasteiger partial charge in [-0.05, 0) is 54.2 Å². The monoisotopic (exact) mass is 807 g/mol. The van der Waals surface area contributed by atoms with Gasteiger partial charge in [-0.2, -0.15) is 13.2 Å². The largest absolute Gasteiger partial charge is 0.435 e. The molecule has 0 radical (unpaired) electrons. The van der Waals surface area contributed by atoms with Crippen LogP contribution in [-0.2, 0) is 20.6 Å². The first-order valence-corrected chi connectivity index (χ1v) is 19.6. The number of nitrogens with one attached hydrogen (secondary N) is 2. The standard InChI is InChI=1S/C40H48F3N9O4S/c1-23(25-6-8-27(9-7-25)34-24(2)45-22-57-34)46-37(55)31-18-29(53)20-52(31)38(56)35(39(3,4)5)47-33(54)21-50-14-16-51(17-15-50)28-12-10-26(11-13-28)30-19-32(40(41,42)43)48-49-36(30)44/h6-13,19,22-23,29,31,35,53H,14-18,20-21H2,1-5H3,(H2,44,49)(H,46,55)(H,47,54)/t23-,29+,31-,35?/m0/s1. The van der Waals surface area contributed by atoms with Crippen LogP contribution in [0, 0.1) is 12.3 Å². The first-order valence-electron chi connectivity index (χ1n) is 18.8. The van der Waals surface area contributed by atoms with E-state index in [4.69, 9.17) is 5.73 Å². The van der Waals surface area contributed by atoms with Gasteiger partial charge in [-0.25, -0.2) is 4.98 Å². The molecule has 2 aliphatic heterocycles. The number of halogens is 3. The maximum Gasteiger partial charge on any atom is 0.435 e. The van der Waals surface area contributed by atoms with E-state index >= 15 is 0 Å². The minimum Gasteiger partial charge on any atom is -0.391 e. The number of carbonyl (C=O) groups excluding carboxylic acids is 3. The summed E-state index contributed by atoms with van der Waals surface area (Å²) in [5.41, 5.74) is 10.2. The Hall–Kier alpha value is -5.13. The van der Waals surface area contributed by atoms with Crippen molar-refractivity contribution in [2.24, 2.45) is 5.41 Å². The predicted molar refractivity (Wildman–Crippen MR) is 212 cm³/mol. The van der Waals surface area contributed by atoms with Crippen LogP contribution in [0.2, 0.25) is 0 Å². The molecule has 2 aromatic carbocycles. The lowest BCUT2D eigenvalue weighted by Crippen LogP contribution is -2.59. The summed E-state index contributed by atoms with van der Waals surface area (Å²) in [6.07, 6.45) is -5.46. The van der Waals surface area contributed by atoms with Crippen LogP contribution in [0.25, 0.3) is 21.6 Å². The van der Waals surface area contributed by atoms with Crippen molar-refractivity contribution in [2.75, 3.05) is 49.9 Å². The second-order valence-corrected chi connectivity index (χ2v) is 16.6. The Morgan fingerprint density at radius 2 is 1.61 bits per heavy atom. The Labute approximate surface area is 333 Å². The van der Waals surface area contributed by atoms with Gasteiger partial charge in [0.25, 0.3) is 0 Å². The topological polar surface area (TPSA) is 170 Å². The highest BCUT2D eigenvalue weighted by molar-refractivity contribution is 7.13. The van der Waals surface area contributed by atoms with E-state index in [9.17, 15) is 32.7 Å². The molecular formula is C40H48F3N9O4S. The van der Waals surface area contributed by atoms with E-state index in [-0.39, 0.29) is 48.7 Å². The average Bonchev–Trinajstić information content (AvgIpc) is 3.78. The van der Waals surface area contributed by atoms with Crippen LogP contribution in [-0.4, -0.2) is 105 Å². The molecule has 2 aromatic heterocycles. The number of nitrogens with zero attached hydrogens (tertiary/aromatic N) is 6. The number of anilines is 2. The zero-order chi connectivity index (χ0) is 41.2. The van der Waals surface area contributed by atoms with Crippen molar-refractivity contribution in [3.05, 3.63) is 77.1 Å². The lowest BCUT2D eigenvalue weighted by Gasteiger charge is -2.37. The number of nitrogens with two attached hydrogens (primary N) is 1. The molecule has 17 heteroatoms. The lowest BCUT2D eigenvalue weighted by molar-refractivity contribution is -0.144. The minimum atomic E-state index is -4.65.